The summed E-state index contributed by atoms with van der Waals surface area (Å²) < 4.78 is 28.0. The lowest BCUT2D eigenvalue weighted by Gasteiger charge is -2.34. The van der Waals surface area contributed by atoms with Crippen molar-refractivity contribution in [1.29, 1.82) is 0 Å². The van der Waals surface area contributed by atoms with E-state index in [1.807, 2.05) is 0 Å². The summed E-state index contributed by atoms with van der Waals surface area (Å²) in [4.78, 5) is 12.0. The molecule has 1 amide bonds. The van der Waals surface area contributed by atoms with Crippen LogP contribution in [0.1, 0.15) is 28.8 Å². The van der Waals surface area contributed by atoms with Crippen LogP contribution in [0.5, 0.6) is 0 Å². The van der Waals surface area contributed by atoms with Gasteiger partial charge >= 0.3 is 0 Å². The maximum atomic E-state index is 12.0. The van der Waals surface area contributed by atoms with Crippen LogP contribution in [-0.4, -0.2) is 33.6 Å². The second kappa shape index (κ2) is 5.71. The van der Waals surface area contributed by atoms with E-state index in [0.29, 0.717) is 5.56 Å². The summed E-state index contributed by atoms with van der Waals surface area (Å²) >= 11 is 0. The molecule has 0 atom stereocenters. The molecule has 0 saturated heterocycles. The molecule has 0 aromatic heterocycles. The fourth-order valence-corrected chi connectivity index (χ4v) is 3.37. The highest BCUT2D eigenvalue weighted by Crippen LogP contribution is 2.24. The Labute approximate surface area is 122 Å². The smallest absolute Gasteiger partial charge is 0.261 e. The molecule has 0 heterocycles. The Morgan fingerprint density at radius 1 is 1.40 bits per heavy atom. The second-order valence-electron chi connectivity index (χ2n) is 4.92. The Morgan fingerprint density at radius 3 is 2.60 bits per heavy atom. The topological polar surface area (TPSA) is 72.5 Å². The lowest BCUT2D eigenvalue weighted by atomic mass is 9.89. The Morgan fingerprint density at radius 2 is 2.05 bits per heavy atom. The molecule has 0 radical (unpaired) electrons. The van der Waals surface area contributed by atoms with Gasteiger partial charge in [0.2, 0.25) is 0 Å². The van der Waals surface area contributed by atoms with Gasteiger partial charge in [0.05, 0.1) is 11.0 Å². The number of carbonyl (C=O) groups is 1. The lowest BCUT2D eigenvalue weighted by molar-refractivity contribution is 0.0176. The molecule has 0 bridgehead atoms. The van der Waals surface area contributed by atoms with Gasteiger partial charge in [0.1, 0.15) is 0 Å². The van der Waals surface area contributed by atoms with E-state index in [4.69, 9.17) is 15.4 Å². The van der Waals surface area contributed by atoms with Crippen molar-refractivity contribution in [2.75, 3.05) is 7.11 Å². The van der Waals surface area contributed by atoms with Gasteiger partial charge in [-0.2, -0.15) is 0 Å². The zero-order valence-corrected chi connectivity index (χ0v) is 12.8. The van der Waals surface area contributed by atoms with Gasteiger partial charge in [0.15, 0.2) is 0 Å². The molecule has 20 heavy (non-hydrogen) atoms. The number of rotatable bonds is 4. The van der Waals surface area contributed by atoms with E-state index in [-0.39, 0.29) is 28.5 Å². The van der Waals surface area contributed by atoms with Crippen molar-refractivity contribution in [1.82, 2.24) is 5.32 Å². The summed E-state index contributed by atoms with van der Waals surface area (Å²) in [5.74, 6) is -0.300. The summed E-state index contributed by atoms with van der Waals surface area (Å²) in [6, 6.07) is 4.54. The van der Waals surface area contributed by atoms with Gasteiger partial charge in [-0.05, 0) is 37.5 Å². The SMILES string of the molecule is COC1CC(NC(=O)c2ccc(C)c(S(=O)(=O)Cl)c2)C1. The van der Waals surface area contributed by atoms with Crippen LogP contribution in [0.3, 0.4) is 0 Å². The first-order valence-corrected chi connectivity index (χ1v) is 8.51. The Balaban J connectivity index is 2.11. The van der Waals surface area contributed by atoms with Crippen LogP contribution in [0.2, 0.25) is 0 Å². The van der Waals surface area contributed by atoms with Crippen molar-refractivity contribution in [2.24, 2.45) is 0 Å². The molecule has 1 fully saturated rings. The van der Waals surface area contributed by atoms with Crippen molar-refractivity contribution in [2.45, 2.75) is 36.8 Å². The minimum atomic E-state index is -3.85. The molecule has 7 heteroatoms. The van der Waals surface area contributed by atoms with Crippen LogP contribution < -0.4 is 5.32 Å². The number of aryl methyl sites for hydroxylation is 1. The first-order valence-electron chi connectivity index (χ1n) is 6.20. The van der Waals surface area contributed by atoms with Gasteiger partial charge in [-0.25, -0.2) is 8.42 Å². The largest absolute Gasteiger partial charge is 0.381 e. The van der Waals surface area contributed by atoms with Gasteiger partial charge < -0.3 is 10.1 Å². The normalized spacial score (nSPS) is 22.1. The van der Waals surface area contributed by atoms with E-state index < -0.39 is 9.05 Å². The number of hydrogen-bond acceptors (Lipinski definition) is 4. The third-order valence-electron chi connectivity index (χ3n) is 3.48. The number of ether oxygens (including phenoxy) is 1. The lowest BCUT2D eigenvalue weighted by Crippen LogP contribution is -2.47. The Bertz CT molecular complexity index is 623. The third kappa shape index (κ3) is 3.31. The number of methoxy groups -OCH3 is 1. The maximum absolute atomic E-state index is 12.0. The quantitative estimate of drug-likeness (QED) is 0.860. The molecular weight excluding hydrogens is 302 g/mol. The molecule has 0 unspecified atom stereocenters. The Hall–Kier alpha value is -1.11. The van der Waals surface area contributed by atoms with E-state index >= 15 is 0 Å². The molecule has 5 nitrogen and oxygen atoms in total. The maximum Gasteiger partial charge on any atom is 0.261 e. The van der Waals surface area contributed by atoms with Crippen LogP contribution >= 0.6 is 10.7 Å². The molecule has 1 N–H and O–H groups in total. The van der Waals surface area contributed by atoms with E-state index in [2.05, 4.69) is 5.32 Å². The van der Waals surface area contributed by atoms with Gasteiger partial charge in [0.25, 0.3) is 15.0 Å². The van der Waals surface area contributed by atoms with Crippen molar-refractivity contribution < 1.29 is 17.9 Å². The number of amides is 1. The van der Waals surface area contributed by atoms with Gasteiger partial charge in [-0.3, -0.25) is 4.79 Å². The van der Waals surface area contributed by atoms with Gasteiger partial charge in [-0.1, -0.05) is 6.07 Å². The predicted molar refractivity (Wildman–Crippen MR) is 75.5 cm³/mol. The summed E-state index contributed by atoms with van der Waals surface area (Å²) in [6.07, 6.45) is 1.74. The second-order valence-corrected chi connectivity index (χ2v) is 7.45. The van der Waals surface area contributed by atoms with Gasteiger partial charge in [0, 0.05) is 29.4 Å². The number of carbonyl (C=O) groups excluding carboxylic acids is 1. The highest BCUT2D eigenvalue weighted by Gasteiger charge is 2.30. The fraction of sp³-hybridized carbons (Fsp3) is 0.462. The predicted octanol–water partition coefficient (Wildman–Crippen LogP) is 1.83. The number of hydrogen-bond donors (Lipinski definition) is 1. The molecule has 1 saturated carbocycles. The van der Waals surface area contributed by atoms with Crippen LogP contribution in [0.15, 0.2) is 23.1 Å². The van der Waals surface area contributed by atoms with Crippen LogP contribution in [-0.2, 0) is 13.8 Å². The van der Waals surface area contributed by atoms with Crippen molar-refractivity contribution in [3.63, 3.8) is 0 Å². The zero-order valence-electron chi connectivity index (χ0n) is 11.2. The van der Waals surface area contributed by atoms with Crippen molar-refractivity contribution >= 4 is 25.6 Å². The first kappa shape index (κ1) is 15.3. The molecule has 1 aromatic carbocycles. The summed E-state index contributed by atoms with van der Waals surface area (Å²) in [6.45, 7) is 1.63. The molecule has 110 valence electrons. The Kier molecular flexibility index (Phi) is 4.36. The summed E-state index contributed by atoms with van der Waals surface area (Å²) in [5.41, 5.74) is 0.801. The van der Waals surface area contributed by atoms with E-state index in [0.717, 1.165) is 12.8 Å². The molecular formula is C13H16ClNO4S. The first-order chi connectivity index (χ1) is 9.31. The third-order valence-corrected chi connectivity index (χ3v) is 4.94. The minimum Gasteiger partial charge on any atom is -0.381 e. The highest BCUT2D eigenvalue weighted by molar-refractivity contribution is 8.13. The summed E-state index contributed by atoms with van der Waals surface area (Å²) in [7, 11) is 3.14. The molecule has 0 aliphatic heterocycles. The van der Waals surface area contributed by atoms with E-state index in [1.54, 1.807) is 26.2 Å². The highest BCUT2D eigenvalue weighted by atomic mass is 35.7. The molecule has 1 aromatic rings. The molecule has 1 aliphatic carbocycles. The zero-order chi connectivity index (χ0) is 14.9. The van der Waals surface area contributed by atoms with Crippen molar-refractivity contribution in [3.8, 4) is 0 Å². The van der Waals surface area contributed by atoms with E-state index in [1.165, 1.54) is 6.07 Å². The molecule has 2 rings (SSSR count). The van der Waals surface area contributed by atoms with Gasteiger partial charge in [-0.15, -0.1) is 0 Å². The van der Waals surface area contributed by atoms with E-state index in [9.17, 15) is 13.2 Å². The minimum absolute atomic E-state index is 0.0322. The molecule has 1 aliphatic rings. The monoisotopic (exact) mass is 317 g/mol. The van der Waals surface area contributed by atoms with Crippen LogP contribution in [0.25, 0.3) is 0 Å². The average Bonchev–Trinajstić information content (AvgIpc) is 2.32. The molecule has 0 spiro atoms. The number of halogens is 1. The average molecular weight is 318 g/mol. The van der Waals surface area contributed by atoms with Crippen LogP contribution in [0, 0.1) is 6.92 Å². The van der Waals surface area contributed by atoms with Crippen molar-refractivity contribution in [3.05, 3.63) is 29.3 Å². The fourth-order valence-electron chi connectivity index (χ4n) is 2.15. The standard InChI is InChI=1S/C13H16ClNO4S/c1-8-3-4-9(5-12(8)20(14,17)18)13(16)15-10-6-11(7-10)19-2/h3-5,10-11H,6-7H2,1-2H3,(H,15,16). The number of benzene rings is 1. The number of nitrogens with one attached hydrogen (secondary N) is 1. The summed E-state index contributed by atoms with van der Waals surface area (Å²) in [5, 5.41) is 2.84. The van der Waals surface area contributed by atoms with Crippen LogP contribution in [0.4, 0.5) is 0 Å².